The molecule has 1 saturated carbocycles. The maximum atomic E-state index is 11.7. The quantitative estimate of drug-likeness (QED) is 0.670. The second-order valence-corrected chi connectivity index (χ2v) is 9.60. The van der Waals surface area contributed by atoms with Crippen LogP contribution in [-0.2, 0) is 20.8 Å². The summed E-state index contributed by atoms with van der Waals surface area (Å²) in [5.41, 5.74) is 3.69. The molecule has 1 N–H and O–H groups in total. The largest absolute Gasteiger partial charge is 0.381 e. The van der Waals surface area contributed by atoms with E-state index in [1.54, 1.807) is 11.1 Å². The van der Waals surface area contributed by atoms with Gasteiger partial charge in [0.2, 0.25) is 6.41 Å². The van der Waals surface area contributed by atoms with Crippen LogP contribution in [0.15, 0.2) is 36.5 Å². The van der Waals surface area contributed by atoms with Gasteiger partial charge in [0, 0.05) is 37.6 Å². The third-order valence-corrected chi connectivity index (χ3v) is 6.58. The number of carbonyl (C=O) groups excluding carboxylic acids is 1. The van der Waals surface area contributed by atoms with E-state index in [2.05, 4.69) is 41.2 Å². The Balaban J connectivity index is 0.000000275. The Labute approximate surface area is 197 Å². The van der Waals surface area contributed by atoms with Gasteiger partial charge in [0.15, 0.2) is 0 Å². The molecule has 0 spiro atoms. The van der Waals surface area contributed by atoms with Gasteiger partial charge in [-0.3, -0.25) is 4.79 Å². The van der Waals surface area contributed by atoms with Crippen LogP contribution in [0.2, 0.25) is 0 Å². The van der Waals surface area contributed by atoms with E-state index in [9.17, 15) is 4.79 Å². The Morgan fingerprint density at radius 1 is 1.21 bits per heavy atom. The van der Waals surface area contributed by atoms with E-state index in [1.165, 1.54) is 32.1 Å². The Kier molecular flexibility index (Phi) is 7.50. The van der Waals surface area contributed by atoms with Crippen LogP contribution in [0.4, 0.5) is 22.9 Å². The van der Waals surface area contributed by atoms with Gasteiger partial charge in [0.1, 0.15) is 5.82 Å². The molecule has 0 unspecified atom stereocenters. The summed E-state index contributed by atoms with van der Waals surface area (Å²) >= 11 is 0. The van der Waals surface area contributed by atoms with E-state index in [0.29, 0.717) is 19.3 Å². The molecule has 0 radical (unpaired) electrons. The van der Waals surface area contributed by atoms with E-state index >= 15 is 0 Å². The van der Waals surface area contributed by atoms with E-state index in [-0.39, 0.29) is 5.60 Å². The average Bonchev–Trinajstić information content (AvgIpc) is 3.00. The zero-order valence-electron chi connectivity index (χ0n) is 20.0. The van der Waals surface area contributed by atoms with Crippen LogP contribution < -0.4 is 15.1 Å². The number of hydrogen-bond acceptors (Lipinski definition) is 6. The van der Waals surface area contributed by atoms with Crippen LogP contribution >= 0.6 is 0 Å². The van der Waals surface area contributed by atoms with Crippen LogP contribution in [0.25, 0.3) is 0 Å². The molecule has 3 heterocycles. The topological polar surface area (TPSA) is 66.9 Å². The first-order chi connectivity index (χ1) is 16.0. The Morgan fingerprint density at radius 3 is 2.73 bits per heavy atom. The molecule has 1 saturated heterocycles. The van der Waals surface area contributed by atoms with Gasteiger partial charge >= 0.3 is 0 Å². The number of aromatic nitrogens is 1. The minimum Gasteiger partial charge on any atom is -0.381 e. The lowest BCUT2D eigenvalue weighted by Gasteiger charge is -2.39. The number of hydrogen-bond donors (Lipinski definition) is 1. The highest BCUT2D eigenvalue weighted by molar-refractivity contribution is 5.89. The van der Waals surface area contributed by atoms with Crippen molar-refractivity contribution in [2.45, 2.75) is 64.2 Å². The maximum Gasteiger partial charge on any atom is 0.214 e. The Morgan fingerprint density at radius 2 is 2.03 bits per heavy atom. The lowest BCUT2D eigenvalue weighted by molar-refractivity contribution is -0.107. The Bertz CT molecular complexity index is 943. The maximum absolute atomic E-state index is 11.7. The van der Waals surface area contributed by atoms with Gasteiger partial charge < -0.3 is 24.6 Å². The van der Waals surface area contributed by atoms with Gasteiger partial charge in [0.25, 0.3) is 0 Å². The molecule has 33 heavy (non-hydrogen) atoms. The van der Waals surface area contributed by atoms with Crippen molar-refractivity contribution in [2.24, 2.45) is 0 Å². The zero-order chi connectivity index (χ0) is 23.3. The minimum absolute atomic E-state index is 0.173. The highest BCUT2D eigenvalue weighted by Crippen LogP contribution is 2.37. The predicted molar refractivity (Wildman–Crippen MR) is 132 cm³/mol. The molecule has 0 bridgehead atoms. The predicted octanol–water partition coefficient (Wildman–Crippen LogP) is 4.88. The smallest absolute Gasteiger partial charge is 0.214 e. The number of ether oxygens (including phenoxy) is 2. The van der Waals surface area contributed by atoms with Gasteiger partial charge in [-0.2, -0.15) is 0 Å². The molecule has 7 nitrogen and oxygen atoms in total. The fourth-order valence-corrected chi connectivity index (χ4v) is 4.77. The summed E-state index contributed by atoms with van der Waals surface area (Å²) < 4.78 is 11.0. The molecule has 2 aromatic rings. The van der Waals surface area contributed by atoms with Gasteiger partial charge in [-0.1, -0.05) is 25.3 Å². The highest BCUT2D eigenvalue weighted by Gasteiger charge is 2.28. The lowest BCUT2D eigenvalue weighted by Crippen LogP contribution is -2.48. The summed E-state index contributed by atoms with van der Waals surface area (Å²) in [7, 11) is 1.82. The second kappa shape index (κ2) is 10.5. The van der Waals surface area contributed by atoms with Crippen molar-refractivity contribution in [3.63, 3.8) is 0 Å². The van der Waals surface area contributed by atoms with E-state index in [1.807, 2.05) is 25.3 Å². The number of morpholine rings is 1. The number of nitrogens with zero attached hydrogens (tertiary/aromatic N) is 3. The first-order valence-electron chi connectivity index (χ1n) is 12.0. The molecule has 2 fully saturated rings. The van der Waals surface area contributed by atoms with Crippen LogP contribution in [0.3, 0.4) is 0 Å². The average molecular weight is 453 g/mol. The van der Waals surface area contributed by atoms with Crippen LogP contribution in [0, 0.1) is 0 Å². The molecule has 5 rings (SSSR count). The van der Waals surface area contributed by atoms with Crippen molar-refractivity contribution in [2.75, 3.05) is 41.9 Å². The summed E-state index contributed by atoms with van der Waals surface area (Å²) in [4.78, 5) is 20.2. The van der Waals surface area contributed by atoms with Gasteiger partial charge in [-0.05, 0) is 51.0 Å². The van der Waals surface area contributed by atoms with Crippen molar-refractivity contribution in [3.05, 3.63) is 42.1 Å². The molecule has 3 aliphatic rings. The molecule has 0 atom stereocenters. The zero-order valence-corrected chi connectivity index (χ0v) is 20.0. The number of anilines is 4. The van der Waals surface area contributed by atoms with Gasteiger partial charge in [-0.15, -0.1) is 0 Å². The summed E-state index contributed by atoms with van der Waals surface area (Å²) in [5, 5.41) is 3.36. The molecule has 7 heteroatoms. The molecule has 1 aliphatic carbocycles. The van der Waals surface area contributed by atoms with E-state index < -0.39 is 0 Å². The standard InChI is InChI=1S/C19H22N4O2.C7H14O/c1-19(2)12-22(8-9-25-19)15-5-6-16-17(10-15)23(13-24)11-14-4-3-7-20-18(14)21-16;1-8-7-5-3-2-4-6-7/h3-7,10,13H,8-9,11-12H2,1-2H3,(H,20,21);7H,2-6H2,1H3. The number of nitrogens with one attached hydrogen (secondary N) is 1. The summed E-state index contributed by atoms with van der Waals surface area (Å²) in [6.45, 7) is 7.08. The molecule has 2 aliphatic heterocycles. The van der Waals surface area contributed by atoms with Crippen LogP contribution in [0.5, 0.6) is 0 Å². The summed E-state index contributed by atoms with van der Waals surface area (Å²) in [6.07, 6.45) is 9.97. The molecule has 1 amide bonds. The monoisotopic (exact) mass is 452 g/mol. The first-order valence-corrected chi connectivity index (χ1v) is 12.0. The second-order valence-electron chi connectivity index (χ2n) is 9.60. The van der Waals surface area contributed by atoms with Crippen LogP contribution in [-0.4, -0.2) is 49.9 Å². The number of amides is 1. The number of methoxy groups -OCH3 is 1. The third-order valence-electron chi connectivity index (χ3n) is 6.58. The highest BCUT2D eigenvalue weighted by atomic mass is 16.5. The summed E-state index contributed by atoms with van der Waals surface area (Å²) in [6, 6.07) is 10.1. The Hall–Kier alpha value is -2.64. The van der Waals surface area contributed by atoms with Crippen molar-refractivity contribution >= 4 is 29.3 Å². The van der Waals surface area contributed by atoms with Crippen molar-refractivity contribution in [1.82, 2.24) is 4.98 Å². The molecule has 1 aromatic heterocycles. The summed E-state index contributed by atoms with van der Waals surface area (Å²) in [5.74, 6) is 0.799. The number of fused-ring (bicyclic) bond motifs is 2. The minimum atomic E-state index is -0.173. The van der Waals surface area contributed by atoms with Crippen molar-refractivity contribution in [3.8, 4) is 0 Å². The van der Waals surface area contributed by atoms with E-state index in [0.717, 1.165) is 47.9 Å². The fraction of sp³-hybridized carbons (Fsp3) is 0.538. The van der Waals surface area contributed by atoms with Gasteiger partial charge in [-0.25, -0.2) is 4.98 Å². The number of pyridine rings is 1. The van der Waals surface area contributed by atoms with Crippen molar-refractivity contribution < 1.29 is 14.3 Å². The first kappa shape index (κ1) is 23.5. The molecular weight excluding hydrogens is 416 g/mol. The van der Waals surface area contributed by atoms with Gasteiger partial charge in [0.05, 0.1) is 36.2 Å². The molecule has 1 aromatic carbocycles. The normalized spacial score (nSPS) is 19.8. The fourth-order valence-electron chi connectivity index (χ4n) is 4.77. The SMILES string of the molecule is CC1(C)CN(c2ccc3c(c2)N(C=O)Cc2cccnc2N3)CCO1.COC1CCCCC1. The third kappa shape index (κ3) is 5.84. The number of rotatable bonds is 3. The number of carbonyl (C=O) groups is 1. The molecular formula is C26H36N4O3. The van der Waals surface area contributed by atoms with Crippen molar-refractivity contribution in [1.29, 1.82) is 0 Å². The van der Waals surface area contributed by atoms with Crippen LogP contribution in [0.1, 0.15) is 51.5 Å². The number of benzene rings is 1. The van der Waals surface area contributed by atoms with E-state index in [4.69, 9.17) is 9.47 Å². The molecule has 178 valence electrons. The lowest BCUT2D eigenvalue weighted by atomic mass is 9.98.